The summed E-state index contributed by atoms with van der Waals surface area (Å²) in [6.07, 6.45) is -3.65. The first-order valence-corrected chi connectivity index (χ1v) is 4.84. The zero-order valence-electron chi connectivity index (χ0n) is 8.31. The molecule has 5 heteroatoms. The Labute approximate surface area is 82.0 Å². The molecule has 0 aromatic rings. The predicted molar refractivity (Wildman–Crippen MR) is 47.1 cm³/mol. The molecule has 1 rings (SSSR count). The average molecular weight is 211 g/mol. The summed E-state index contributed by atoms with van der Waals surface area (Å²) in [6.45, 7) is 2.04. The average Bonchev–Trinajstić information content (AvgIpc) is 2.44. The Hall–Kier alpha value is -0.290. The number of likely N-dealkylation sites (tertiary alicyclic amines) is 1. The molecular weight excluding hydrogens is 195 g/mol. The molecule has 1 aliphatic heterocycles. The van der Waals surface area contributed by atoms with Gasteiger partial charge in [-0.3, -0.25) is 0 Å². The monoisotopic (exact) mass is 211 g/mol. The Morgan fingerprint density at radius 3 is 2.64 bits per heavy atom. The van der Waals surface area contributed by atoms with Gasteiger partial charge in [-0.05, 0) is 19.9 Å². The van der Waals surface area contributed by atoms with Crippen LogP contribution in [0.25, 0.3) is 0 Å². The first-order valence-electron chi connectivity index (χ1n) is 4.84. The van der Waals surface area contributed by atoms with Crippen molar-refractivity contribution in [1.29, 1.82) is 0 Å². The fourth-order valence-electron chi connectivity index (χ4n) is 1.55. The van der Waals surface area contributed by atoms with Crippen LogP contribution in [0.15, 0.2) is 0 Å². The van der Waals surface area contributed by atoms with Gasteiger partial charge in [0.05, 0.1) is 6.10 Å². The number of rotatable bonds is 4. The van der Waals surface area contributed by atoms with Crippen molar-refractivity contribution in [3.8, 4) is 0 Å². The molecule has 1 atom stereocenters. The fourth-order valence-corrected chi connectivity index (χ4v) is 1.55. The second kappa shape index (κ2) is 4.98. The standard InChI is InChI=1S/C9H16F3NO/c1-13-5-3-8(7-13)14-6-2-4-9(10,11)12/h8H,2-7H2,1H3. The maximum atomic E-state index is 11.8. The molecule has 0 N–H and O–H groups in total. The lowest BCUT2D eigenvalue weighted by atomic mass is 10.3. The maximum absolute atomic E-state index is 11.8. The van der Waals surface area contributed by atoms with Gasteiger partial charge in [0, 0.05) is 26.1 Å². The normalized spacial score (nSPS) is 24.4. The van der Waals surface area contributed by atoms with Crippen LogP contribution in [0.4, 0.5) is 13.2 Å². The van der Waals surface area contributed by atoms with Crippen LogP contribution in [0, 0.1) is 0 Å². The highest BCUT2D eigenvalue weighted by atomic mass is 19.4. The second-order valence-corrected chi connectivity index (χ2v) is 3.76. The van der Waals surface area contributed by atoms with Crippen LogP contribution in [-0.2, 0) is 4.74 Å². The van der Waals surface area contributed by atoms with E-state index in [0.717, 1.165) is 19.5 Å². The Bertz CT molecular complexity index is 172. The minimum absolute atomic E-state index is 0.0731. The summed E-state index contributed by atoms with van der Waals surface area (Å²) in [7, 11) is 1.99. The summed E-state index contributed by atoms with van der Waals surface area (Å²) in [4.78, 5) is 2.12. The molecule has 1 saturated heterocycles. The Kier molecular flexibility index (Phi) is 4.19. The molecule has 0 aromatic carbocycles. The van der Waals surface area contributed by atoms with Gasteiger partial charge in [-0.25, -0.2) is 0 Å². The van der Waals surface area contributed by atoms with Crippen molar-refractivity contribution in [2.75, 3.05) is 26.7 Å². The predicted octanol–water partition coefficient (Wildman–Crippen LogP) is 2.05. The quantitative estimate of drug-likeness (QED) is 0.660. The lowest BCUT2D eigenvalue weighted by Crippen LogP contribution is -2.20. The van der Waals surface area contributed by atoms with E-state index in [0.29, 0.717) is 0 Å². The third-order valence-electron chi connectivity index (χ3n) is 2.31. The van der Waals surface area contributed by atoms with E-state index in [2.05, 4.69) is 4.90 Å². The summed E-state index contributed by atoms with van der Waals surface area (Å²) in [5, 5.41) is 0. The summed E-state index contributed by atoms with van der Waals surface area (Å²) in [5.74, 6) is 0. The number of likely N-dealkylation sites (N-methyl/N-ethyl adjacent to an activating group) is 1. The first kappa shape index (κ1) is 11.8. The number of halogens is 3. The molecule has 2 nitrogen and oxygen atoms in total. The SMILES string of the molecule is CN1CCC(OCCCC(F)(F)F)C1. The van der Waals surface area contributed by atoms with E-state index in [1.165, 1.54) is 0 Å². The second-order valence-electron chi connectivity index (χ2n) is 3.76. The molecular formula is C9H16F3NO. The molecule has 1 fully saturated rings. The van der Waals surface area contributed by atoms with Gasteiger partial charge in [-0.15, -0.1) is 0 Å². The highest BCUT2D eigenvalue weighted by Gasteiger charge is 2.26. The molecule has 0 amide bonds. The van der Waals surface area contributed by atoms with E-state index in [1.54, 1.807) is 0 Å². The number of ether oxygens (including phenoxy) is 1. The van der Waals surface area contributed by atoms with E-state index in [4.69, 9.17) is 4.74 Å². The van der Waals surface area contributed by atoms with Gasteiger partial charge in [0.2, 0.25) is 0 Å². The summed E-state index contributed by atoms with van der Waals surface area (Å²) >= 11 is 0. The summed E-state index contributed by atoms with van der Waals surface area (Å²) in [5.41, 5.74) is 0. The van der Waals surface area contributed by atoms with Crippen molar-refractivity contribution in [3.63, 3.8) is 0 Å². The van der Waals surface area contributed by atoms with Crippen molar-refractivity contribution in [3.05, 3.63) is 0 Å². The molecule has 0 radical (unpaired) electrons. The molecule has 0 saturated carbocycles. The zero-order chi connectivity index (χ0) is 10.6. The molecule has 14 heavy (non-hydrogen) atoms. The molecule has 1 aliphatic rings. The Balaban J connectivity index is 1.99. The molecule has 1 unspecified atom stereocenters. The van der Waals surface area contributed by atoms with E-state index >= 15 is 0 Å². The van der Waals surface area contributed by atoms with E-state index in [-0.39, 0.29) is 19.1 Å². The molecule has 0 spiro atoms. The van der Waals surface area contributed by atoms with Crippen LogP contribution in [0.3, 0.4) is 0 Å². The molecule has 1 heterocycles. The minimum atomic E-state index is -4.05. The smallest absolute Gasteiger partial charge is 0.377 e. The van der Waals surface area contributed by atoms with Crippen LogP contribution >= 0.6 is 0 Å². The van der Waals surface area contributed by atoms with Gasteiger partial charge in [0.1, 0.15) is 0 Å². The third-order valence-corrected chi connectivity index (χ3v) is 2.31. The fraction of sp³-hybridized carbons (Fsp3) is 1.00. The first-order chi connectivity index (χ1) is 6.47. The maximum Gasteiger partial charge on any atom is 0.389 e. The van der Waals surface area contributed by atoms with Crippen molar-refractivity contribution < 1.29 is 17.9 Å². The van der Waals surface area contributed by atoms with Crippen molar-refractivity contribution in [2.24, 2.45) is 0 Å². The van der Waals surface area contributed by atoms with Crippen LogP contribution < -0.4 is 0 Å². The van der Waals surface area contributed by atoms with Gasteiger partial charge < -0.3 is 9.64 Å². The summed E-state index contributed by atoms with van der Waals surface area (Å²) < 4.78 is 40.6. The van der Waals surface area contributed by atoms with Crippen molar-refractivity contribution in [2.45, 2.75) is 31.5 Å². The number of nitrogens with zero attached hydrogens (tertiary/aromatic N) is 1. The highest BCUT2D eigenvalue weighted by molar-refractivity contribution is 4.72. The lowest BCUT2D eigenvalue weighted by Gasteiger charge is -2.12. The third kappa shape index (κ3) is 4.81. The molecule has 0 aromatic heterocycles. The Morgan fingerprint density at radius 2 is 2.14 bits per heavy atom. The van der Waals surface area contributed by atoms with E-state index in [1.807, 2.05) is 7.05 Å². The van der Waals surface area contributed by atoms with Gasteiger partial charge in [0.25, 0.3) is 0 Å². The summed E-state index contributed by atoms with van der Waals surface area (Å²) in [6, 6.07) is 0. The number of hydrogen-bond donors (Lipinski definition) is 0. The zero-order valence-corrected chi connectivity index (χ0v) is 8.31. The van der Waals surface area contributed by atoms with Crippen LogP contribution in [0.1, 0.15) is 19.3 Å². The van der Waals surface area contributed by atoms with Gasteiger partial charge in [-0.1, -0.05) is 0 Å². The number of alkyl halides is 3. The van der Waals surface area contributed by atoms with Crippen LogP contribution in [-0.4, -0.2) is 43.9 Å². The molecule has 0 bridgehead atoms. The van der Waals surface area contributed by atoms with E-state index in [9.17, 15) is 13.2 Å². The minimum Gasteiger partial charge on any atom is -0.377 e. The van der Waals surface area contributed by atoms with Crippen LogP contribution in [0.5, 0.6) is 0 Å². The number of hydrogen-bond acceptors (Lipinski definition) is 2. The van der Waals surface area contributed by atoms with Gasteiger partial charge in [-0.2, -0.15) is 13.2 Å². The van der Waals surface area contributed by atoms with Gasteiger partial charge in [0.15, 0.2) is 0 Å². The van der Waals surface area contributed by atoms with Gasteiger partial charge >= 0.3 is 6.18 Å². The molecule has 0 aliphatic carbocycles. The van der Waals surface area contributed by atoms with Crippen molar-refractivity contribution >= 4 is 0 Å². The molecule has 84 valence electrons. The highest BCUT2D eigenvalue weighted by Crippen LogP contribution is 2.21. The van der Waals surface area contributed by atoms with Crippen molar-refractivity contribution in [1.82, 2.24) is 4.90 Å². The Morgan fingerprint density at radius 1 is 1.43 bits per heavy atom. The lowest BCUT2D eigenvalue weighted by molar-refractivity contribution is -0.138. The topological polar surface area (TPSA) is 12.5 Å². The van der Waals surface area contributed by atoms with E-state index < -0.39 is 12.6 Å². The van der Waals surface area contributed by atoms with Crippen LogP contribution in [0.2, 0.25) is 0 Å². The largest absolute Gasteiger partial charge is 0.389 e.